The minimum absolute atomic E-state index is 0.235. The van der Waals surface area contributed by atoms with Gasteiger partial charge in [0.15, 0.2) is 6.10 Å². The Balaban J connectivity index is 2.83. The van der Waals surface area contributed by atoms with Crippen LogP contribution in [0.4, 0.5) is 4.79 Å². The van der Waals surface area contributed by atoms with E-state index in [1.54, 1.807) is 12.1 Å². The minimum Gasteiger partial charge on any atom is -0.496 e. The highest BCUT2D eigenvalue weighted by molar-refractivity contribution is 5.98. The van der Waals surface area contributed by atoms with E-state index in [-0.39, 0.29) is 12.2 Å². The van der Waals surface area contributed by atoms with E-state index in [4.69, 9.17) is 19.9 Å². The Morgan fingerprint density at radius 2 is 2.00 bits per heavy atom. The van der Waals surface area contributed by atoms with Crippen molar-refractivity contribution < 1.29 is 28.6 Å². The zero-order valence-electron chi connectivity index (χ0n) is 13.3. The summed E-state index contributed by atoms with van der Waals surface area (Å²) in [6.07, 6.45) is -1.16. The van der Waals surface area contributed by atoms with Crippen LogP contribution >= 0.6 is 0 Å². The Morgan fingerprint density at radius 3 is 2.57 bits per heavy atom. The Kier molecular flexibility index (Phi) is 7.01. The maximum absolute atomic E-state index is 12.1. The van der Waals surface area contributed by atoms with Gasteiger partial charge in [0.05, 0.1) is 19.3 Å². The van der Waals surface area contributed by atoms with Gasteiger partial charge in [-0.15, -0.1) is 0 Å². The number of methoxy groups -OCH3 is 1. The lowest BCUT2D eigenvalue weighted by molar-refractivity contribution is -0.127. The zero-order chi connectivity index (χ0) is 17.4. The molecule has 8 heteroatoms. The number of benzene rings is 1. The van der Waals surface area contributed by atoms with Gasteiger partial charge in [-0.05, 0) is 32.0 Å². The summed E-state index contributed by atoms with van der Waals surface area (Å²) in [5, 5.41) is 1.84. The smallest absolute Gasteiger partial charge is 0.338 e. The average Bonchev–Trinajstić information content (AvgIpc) is 2.51. The molecule has 3 N–H and O–H groups in total. The van der Waals surface area contributed by atoms with Crippen molar-refractivity contribution in [2.45, 2.75) is 26.6 Å². The van der Waals surface area contributed by atoms with Crippen LogP contribution in [0.3, 0.4) is 0 Å². The molecular formula is C15H20N2O6. The average molecular weight is 324 g/mol. The van der Waals surface area contributed by atoms with Crippen molar-refractivity contribution >= 4 is 17.9 Å². The zero-order valence-corrected chi connectivity index (χ0v) is 13.3. The fourth-order valence-corrected chi connectivity index (χ4v) is 1.74. The van der Waals surface area contributed by atoms with E-state index in [0.717, 1.165) is 0 Å². The molecule has 0 saturated heterocycles. The van der Waals surface area contributed by atoms with E-state index in [2.05, 4.69) is 0 Å². The van der Waals surface area contributed by atoms with Crippen LogP contribution in [0.1, 0.15) is 29.8 Å². The number of carbonyl (C=O) groups excluding carboxylic acids is 3. The molecule has 0 aliphatic carbocycles. The highest BCUT2D eigenvalue weighted by Crippen LogP contribution is 2.21. The van der Waals surface area contributed by atoms with E-state index in [1.165, 1.54) is 20.1 Å². The molecule has 0 bridgehead atoms. The maximum Gasteiger partial charge on any atom is 0.338 e. The molecule has 0 aromatic heterocycles. The molecule has 0 heterocycles. The number of esters is 1. The lowest BCUT2D eigenvalue weighted by atomic mass is 10.1. The van der Waals surface area contributed by atoms with Crippen LogP contribution < -0.4 is 15.8 Å². The summed E-state index contributed by atoms with van der Waals surface area (Å²) in [5.41, 5.74) is 5.75. The van der Waals surface area contributed by atoms with Crippen molar-refractivity contribution in [2.24, 2.45) is 5.73 Å². The third-order valence-corrected chi connectivity index (χ3v) is 2.88. The molecule has 1 rings (SSSR count). The van der Waals surface area contributed by atoms with E-state index in [0.29, 0.717) is 17.9 Å². The number of nitrogens with one attached hydrogen (secondary N) is 1. The lowest BCUT2D eigenvalue weighted by Gasteiger charge is -2.14. The second kappa shape index (κ2) is 8.74. The molecule has 0 saturated carbocycles. The van der Waals surface area contributed by atoms with Crippen LogP contribution in [0.15, 0.2) is 18.2 Å². The monoisotopic (exact) mass is 324 g/mol. The Hall–Kier alpha value is -2.61. The largest absolute Gasteiger partial charge is 0.496 e. The highest BCUT2D eigenvalue weighted by Gasteiger charge is 2.20. The molecule has 8 nitrogen and oxygen atoms in total. The molecular weight excluding hydrogens is 304 g/mol. The topological polar surface area (TPSA) is 117 Å². The second-order valence-electron chi connectivity index (χ2n) is 4.56. The third-order valence-electron chi connectivity index (χ3n) is 2.88. The first-order valence-corrected chi connectivity index (χ1v) is 6.95. The molecule has 1 atom stereocenters. The summed E-state index contributed by atoms with van der Waals surface area (Å²) in [4.78, 5) is 34.2. The molecule has 0 aliphatic heterocycles. The highest BCUT2D eigenvalue weighted by atomic mass is 16.5. The molecule has 126 valence electrons. The summed E-state index contributed by atoms with van der Waals surface area (Å²) >= 11 is 0. The first kappa shape index (κ1) is 18.4. The van der Waals surface area contributed by atoms with Gasteiger partial charge in [0.25, 0.3) is 5.91 Å². The van der Waals surface area contributed by atoms with Crippen molar-refractivity contribution in [2.75, 3.05) is 13.7 Å². The van der Waals surface area contributed by atoms with E-state index in [1.807, 2.05) is 12.2 Å². The number of hydrogen-bond donors (Lipinski definition) is 2. The third kappa shape index (κ3) is 5.59. The normalized spacial score (nSPS) is 11.4. The molecule has 0 spiro atoms. The number of urea groups is 1. The SMILES string of the molecule is CCOCc1cc(C(=O)O[C@H](C)C(=O)NC(N)=O)ccc1OC. The van der Waals surface area contributed by atoms with Crippen molar-refractivity contribution in [3.05, 3.63) is 29.3 Å². The van der Waals surface area contributed by atoms with Gasteiger partial charge in [0.2, 0.25) is 0 Å². The van der Waals surface area contributed by atoms with Crippen molar-refractivity contribution in [3.8, 4) is 5.75 Å². The van der Waals surface area contributed by atoms with Crippen LogP contribution in [0.5, 0.6) is 5.75 Å². The molecule has 1 aromatic carbocycles. The maximum atomic E-state index is 12.1. The second-order valence-corrected chi connectivity index (χ2v) is 4.56. The standard InChI is InChI=1S/C15H20N2O6/c1-4-22-8-11-7-10(5-6-12(11)21-3)14(19)23-9(2)13(18)17-15(16)20/h5-7,9H,4,8H2,1-3H3,(H3,16,17,18,20)/t9-/m1/s1. The fraction of sp³-hybridized carbons (Fsp3) is 0.400. The van der Waals surface area contributed by atoms with Gasteiger partial charge in [0, 0.05) is 12.2 Å². The molecule has 0 unspecified atom stereocenters. The number of ether oxygens (including phenoxy) is 3. The van der Waals surface area contributed by atoms with Gasteiger partial charge >= 0.3 is 12.0 Å². The first-order chi connectivity index (χ1) is 10.9. The predicted octanol–water partition coefficient (Wildman–Crippen LogP) is 0.972. The Labute approximate surface area is 133 Å². The van der Waals surface area contributed by atoms with Gasteiger partial charge in [0.1, 0.15) is 5.75 Å². The van der Waals surface area contributed by atoms with E-state index in [9.17, 15) is 14.4 Å². The van der Waals surface area contributed by atoms with Gasteiger partial charge in [-0.25, -0.2) is 9.59 Å². The number of imide groups is 1. The number of nitrogens with two attached hydrogens (primary N) is 1. The first-order valence-electron chi connectivity index (χ1n) is 6.95. The van der Waals surface area contributed by atoms with Crippen LogP contribution in [0.25, 0.3) is 0 Å². The summed E-state index contributed by atoms with van der Waals surface area (Å²) in [6.45, 7) is 3.98. The van der Waals surface area contributed by atoms with Gasteiger partial charge in [-0.1, -0.05) is 0 Å². The van der Waals surface area contributed by atoms with Gasteiger partial charge < -0.3 is 19.9 Å². The van der Waals surface area contributed by atoms with Crippen molar-refractivity contribution in [1.82, 2.24) is 5.32 Å². The number of amides is 3. The summed E-state index contributed by atoms with van der Waals surface area (Å²) in [5.74, 6) is -0.930. The summed E-state index contributed by atoms with van der Waals surface area (Å²) < 4.78 is 15.5. The molecule has 0 radical (unpaired) electrons. The summed E-state index contributed by atoms with van der Waals surface area (Å²) in [7, 11) is 1.51. The minimum atomic E-state index is -1.16. The Morgan fingerprint density at radius 1 is 1.30 bits per heavy atom. The quantitative estimate of drug-likeness (QED) is 0.722. The van der Waals surface area contributed by atoms with E-state index < -0.39 is 24.0 Å². The van der Waals surface area contributed by atoms with Crippen LogP contribution in [-0.2, 0) is 20.9 Å². The Bertz CT molecular complexity index is 587. The number of rotatable bonds is 7. The fourth-order valence-electron chi connectivity index (χ4n) is 1.74. The molecule has 23 heavy (non-hydrogen) atoms. The lowest BCUT2D eigenvalue weighted by Crippen LogP contribution is -2.42. The molecule has 0 aliphatic rings. The molecule has 1 aromatic rings. The number of primary amides is 1. The molecule has 3 amide bonds. The van der Waals surface area contributed by atoms with Gasteiger partial charge in [-0.3, -0.25) is 10.1 Å². The van der Waals surface area contributed by atoms with E-state index >= 15 is 0 Å². The molecule has 0 fully saturated rings. The summed E-state index contributed by atoms with van der Waals surface area (Å²) in [6, 6.07) is 3.67. The van der Waals surface area contributed by atoms with Crippen molar-refractivity contribution in [3.63, 3.8) is 0 Å². The van der Waals surface area contributed by atoms with Crippen molar-refractivity contribution in [1.29, 1.82) is 0 Å². The number of carbonyl (C=O) groups is 3. The predicted molar refractivity (Wildman–Crippen MR) is 80.9 cm³/mol. The van der Waals surface area contributed by atoms with Crippen LogP contribution in [0, 0.1) is 0 Å². The van der Waals surface area contributed by atoms with Crippen LogP contribution in [0.2, 0.25) is 0 Å². The van der Waals surface area contributed by atoms with Gasteiger partial charge in [-0.2, -0.15) is 0 Å². The number of hydrogen-bond acceptors (Lipinski definition) is 6. The van der Waals surface area contributed by atoms with Crippen LogP contribution in [-0.4, -0.2) is 37.7 Å².